The minimum Gasteiger partial charge on any atom is -0.367 e. The zero-order valence-electron chi connectivity index (χ0n) is 14.3. The quantitative estimate of drug-likeness (QED) is 0.749. The normalized spacial score (nSPS) is 19.2. The molecule has 0 spiro atoms. The van der Waals surface area contributed by atoms with Crippen molar-refractivity contribution in [3.63, 3.8) is 0 Å². The van der Waals surface area contributed by atoms with Crippen LogP contribution in [0.4, 0.5) is 17.3 Å². The zero-order valence-corrected chi connectivity index (χ0v) is 14.3. The number of hydrogen-bond acceptors (Lipinski definition) is 5. The monoisotopic (exact) mass is 334 g/mol. The van der Waals surface area contributed by atoms with Crippen LogP contribution in [0.5, 0.6) is 0 Å². The second-order valence-corrected chi connectivity index (χ2v) is 6.56. The van der Waals surface area contributed by atoms with Crippen LogP contribution in [0.3, 0.4) is 0 Å². The van der Waals surface area contributed by atoms with Crippen LogP contribution >= 0.6 is 0 Å². The Balaban J connectivity index is 1.35. The van der Waals surface area contributed by atoms with Gasteiger partial charge in [0.25, 0.3) is 0 Å². The van der Waals surface area contributed by atoms with E-state index in [1.54, 1.807) is 6.33 Å². The van der Waals surface area contributed by atoms with Gasteiger partial charge in [0.2, 0.25) is 0 Å². The molecular formula is C19H22N6. The Morgan fingerprint density at radius 3 is 2.76 bits per heavy atom. The Hall–Kier alpha value is -2.89. The summed E-state index contributed by atoms with van der Waals surface area (Å²) in [5.41, 5.74) is 1.11. The van der Waals surface area contributed by atoms with Crippen LogP contribution < -0.4 is 10.2 Å². The van der Waals surface area contributed by atoms with Crippen LogP contribution in [0.1, 0.15) is 12.8 Å². The number of benzene rings is 1. The predicted molar refractivity (Wildman–Crippen MR) is 98.9 cm³/mol. The molecule has 128 valence electrons. The molecule has 1 fully saturated rings. The molecule has 0 amide bonds. The molecule has 1 aliphatic carbocycles. The summed E-state index contributed by atoms with van der Waals surface area (Å²) >= 11 is 0. The van der Waals surface area contributed by atoms with E-state index in [9.17, 15) is 0 Å². The first-order valence-corrected chi connectivity index (χ1v) is 8.63. The van der Waals surface area contributed by atoms with Gasteiger partial charge in [-0.05, 0) is 37.0 Å². The van der Waals surface area contributed by atoms with E-state index in [-0.39, 0.29) is 0 Å². The fraction of sp³-hybridized carbons (Fsp3) is 0.316. The van der Waals surface area contributed by atoms with Gasteiger partial charge in [-0.15, -0.1) is 0 Å². The number of anilines is 3. The molecule has 1 N–H and O–H groups in total. The van der Waals surface area contributed by atoms with Crippen LogP contribution in [0.25, 0.3) is 0 Å². The van der Waals surface area contributed by atoms with Crippen molar-refractivity contribution in [2.45, 2.75) is 25.4 Å². The predicted octanol–water partition coefficient (Wildman–Crippen LogP) is 3.33. The maximum Gasteiger partial charge on any atom is 0.138 e. The molecule has 6 heteroatoms. The van der Waals surface area contributed by atoms with Crippen molar-refractivity contribution in [2.24, 2.45) is 5.92 Å². The van der Waals surface area contributed by atoms with Gasteiger partial charge in [0.1, 0.15) is 18.0 Å². The molecule has 3 aromatic rings. The molecular weight excluding hydrogens is 312 g/mol. The van der Waals surface area contributed by atoms with Gasteiger partial charge in [0.05, 0.1) is 0 Å². The first-order chi connectivity index (χ1) is 12.3. The Kier molecular flexibility index (Phi) is 4.33. The van der Waals surface area contributed by atoms with E-state index in [0.717, 1.165) is 36.7 Å². The smallest absolute Gasteiger partial charge is 0.138 e. The molecule has 0 atom stereocenters. The van der Waals surface area contributed by atoms with Crippen molar-refractivity contribution in [3.05, 3.63) is 61.2 Å². The lowest BCUT2D eigenvalue weighted by Crippen LogP contribution is -2.37. The molecule has 0 saturated heterocycles. The molecule has 2 aromatic heterocycles. The third kappa shape index (κ3) is 3.63. The maximum absolute atomic E-state index is 4.39. The summed E-state index contributed by atoms with van der Waals surface area (Å²) in [6.45, 7) is 0.997. The number of rotatable bonds is 6. The minimum absolute atomic E-state index is 0.477. The molecule has 1 aromatic carbocycles. The van der Waals surface area contributed by atoms with E-state index in [4.69, 9.17) is 0 Å². The van der Waals surface area contributed by atoms with E-state index >= 15 is 0 Å². The molecule has 0 radical (unpaired) electrons. The highest BCUT2D eigenvalue weighted by atomic mass is 15.3. The Morgan fingerprint density at radius 2 is 2.00 bits per heavy atom. The number of aromatic nitrogens is 4. The summed E-state index contributed by atoms with van der Waals surface area (Å²) < 4.78 is 2.01. The van der Waals surface area contributed by atoms with E-state index in [0.29, 0.717) is 12.0 Å². The third-order valence-electron chi connectivity index (χ3n) is 4.73. The first kappa shape index (κ1) is 15.6. The van der Waals surface area contributed by atoms with Crippen LogP contribution in [0, 0.1) is 5.92 Å². The Labute approximate surface area is 147 Å². The fourth-order valence-corrected chi connectivity index (χ4v) is 3.28. The molecule has 1 aliphatic rings. The molecule has 0 bridgehead atoms. The highest BCUT2D eigenvalue weighted by Gasteiger charge is 2.29. The standard InChI is InChI=1S/C19H22N6/c1-24(17-6-3-2-4-7-17)19-12-18(20-14-21-19)23-16-10-15(11-16)13-25-9-5-8-22-25/h2-9,12,14-16H,10-11,13H2,1H3,(H,20,21,23). The second-order valence-electron chi connectivity index (χ2n) is 6.56. The van der Waals surface area contributed by atoms with Crippen molar-refractivity contribution in [2.75, 3.05) is 17.3 Å². The number of nitrogens with one attached hydrogen (secondary N) is 1. The second kappa shape index (κ2) is 6.93. The van der Waals surface area contributed by atoms with E-state index in [2.05, 4.69) is 37.4 Å². The summed E-state index contributed by atoms with van der Waals surface area (Å²) in [5.74, 6) is 2.46. The summed E-state index contributed by atoms with van der Waals surface area (Å²) in [5, 5.41) is 7.80. The molecule has 0 aliphatic heterocycles. The van der Waals surface area contributed by atoms with Gasteiger partial charge in [-0.1, -0.05) is 18.2 Å². The van der Waals surface area contributed by atoms with Crippen molar-refractivity contribution in [3.8, 4) is 0 Å². The summed E-state index contributed by atoms with van der Waals surface area (Å²) in [7, 11) is 2.02. The van der Waals surface area contributed by atoms with Crippen molar-refractivity contribution in [1.82, 2.24) is 19.7 Å². The Bertz CT molecular complexity index is 796. The zero-order chi connectivity index (χ0) is 17.1. The number of nitrogens with zero attached hydrogens (tertiary/aromatic N) is 5. The highest BCUT2D eigenvalue weighted by molar-refractivity contribution is 5.61. The minimum atomic E-state index is 0.477. The molecule has 1 saturated carbocycles. The van der Waals surface area contributed by atoms with Crippen molar-refractivity contribution >= 4 is 17.3 Å². The SMILES string of the molecule is CN(c1ccccc1)c1cc(NC2CC(Cn3cccn3)C2)ncn1. The van der Waals surface area contributed by atoms with Gasteiger partial charge in [-0.3, -0.25) is 4.68 Å². The van der Waals surface area contributed by atoms with Gasteiger partial charge in [0, 0.05) is 43.8 Å². The van der Waals surface area contributed by atoms with Crippen LogP contribution in [-0.2, 0) is 6.54 Å². The van der Waals surface area contributed by atoms with Gasteiger partial charge in [-0.25, -0.2) is 9.97 Å². The van der Waals surface area contributed by atoms with E-state index in [1.807, 2.05) is 54.5 Å². The van der Waals surface area contributed by atoms with Gasteiger partial charge >= 0.3 is 0 Å². The third-order valence-corrected chi connectivity index (χ3v) is 4.73. The lowest BCUT2D eigenvalue weighted by atomic mass is 9.80. The highest BCUT2D eigenvalue weighted by Crippen LogP contribution is 2.31. The summed E-state index contributed by atoms with van der Waals surface area (Å²) in [6.07, 6.45) is 7.77. The van der Waals surface area contributed by atoms with Crippen molar-refractivity contribution in [1.29, 1.82) is 0 Å². The first-order valence-electron chi connectivity index (χ1n) is 8.63. The average molecular weight is 334 g/mol. The maximum atomic E-state index is 4.39. The molecule has 25 heavy (non-hydrogen) atoms. The summed E-state index contributed by atoms with van der Waals surface area (Å²) in [6, 6.07) is 14.7. The van der Waals surface area contributed by atoms with Gasteiger partial charge < -0.3 is 10.2 Å². The molecule has 0 unspecified atom stereocenters. The lowest BCUT2D eigenvalue weighted by molar-refractivity contribution is 0.240. The van der Waals surface area contributed by atoms with Crippen LogP contribution in [-0.4, -0.2) is 32.8 Å². The van der Waals surface area contributed by atoms with E-state index in [1.165, 1.54) is 0 Å². The van der Waals surface area contributed by atoms with Gasteiger partial charge in [0.15, 0.2) is 0 Å². The summed E-state index contributed by atoms with van der Waals surface area (Å²) in [4.78, 5) is 10.8. The van der Waals surface area contributed by atoms with Gasteiger partial charge in [-0.2, -0.15) is 5.10 Å². The van der Waals surface area contributed by atoms with Crippen LogP contribution in [0.15, 0.2) is 61.2 Å². The number of hydrogen-bond donors (Lipinski definition) is 1. The van der Waals surface area contributed by atoms with Crippen LogP contribution in [0.2, 0.25) is 0 Å². The molecule has 4 rings (SSSR count). The average Bonchev–Trinajstić information content (AvgIpc) is 3.13. The largest absolute Gasteiger partial charge is 0.367 e. The molecule has 2 heterocycles. The Morgan fingerprint density at radius 1 is 1.16 bits per heavy atom. The fourth-order valence-electron chi connectivity index (χ4n) is 3.28. The van der Waals surface area contributed by atoms with E-state index < -0.39 is 0 Å². The topological polar surface area (TPSA) is 58.9 Å². The molecule has 6 nitrogen and oxygen atoms in total. The van der Waals surface area contributed by atoms with Crippen molar-refractivity contribution < 1.29 is 0 Å². The number of para-hydroxylation sites is 1. The lowest BCUT2D eigenvalue weighted by Gasteiger charge is -2.36.